The molecule has 4 aromatic rings. The predicted molar refractivity (Wildman–Crippen MR) is 147 cm³/mol. The zero-order valence-electron chi connectivity index (χ0n) is 19.0. The van der Waals surface area contributed by atoms with E-state index in [0.717, 1.165) is 33.4 Å². The fraction of sp³-hybridized carbons (Fsp3) is 0. The average molecular weight is 439 g/mol. The van der Waals surface area contributed by atoms with Crippen LogP contribution in [0.1, 0.15) is 49.3 Å². The Labute approximate surface area is 201 Å². The molecule has 0 radical (unpaired) electrons. The highest BCUT2D eigenvalue weighted by atomic mass is 16.1. The highest BCUT2D eigenvalue weighted by Gasteiger charge is 2.14. The maximum Gasteiger partial charge on any atom is 0.194 e. The Kier molecular flexibility index (Phi) is 7.27. The first-order chi connectivity index (χ1) is 16.7. The molecule has 0 aliphatic rings. The molecule has 0 spiro atoms. The third kappa shape index (κ3) is 5.46. The summed E-state index contributed by atoms with van der Waals surface area (Å²) in [6, 6.07) is 31.7. The number of carbonyl (C=O) groups excluding carboxylic acids is 1. The minimum atomic E-state index is 0.000171. The lowest BCUT2D eigenvalue weighted by Gasteiger charge is -2.09. The van der Waals surface area contributed by atoms with Gasteiger partial charge in [-0.15, -0.1) is 0 Å². The normalized spacial score (nSPS) is 11.1. The molecule has 0 unspecified atom stereocenters. The first kappa shape index (κ1) is 22.7. The van der Waals surface area contributed by atoms with Crippen LogP contribution in [0, 0.1) is 0 Å². The molecular formula is C33H26O. The predicted octanol–water partition coefficient (Wildman–Crippen LogP) is 8.54. The average Bonchev–Trinajstić information content (AvgIpc) is 2.91. The van der Waals surface area contributed by atoms with E-state index < -0.39 is 0 Å². The fourth-order valence-electron chi connectivity index (χ4n) is 3.79. The highest BCUT2D eigenvalue weighted by molar-refractivity contribution is 6.13. The number of hydrogen-bond acceptors (Lipinski definition) is 1. The van der Waals surface area contributed by atoms with Gasteiger partial charge in [-0.2, -0.15) is 0 Å². The molecular weight excluding hydrogens is 412 g/mol. The molecule has 34 heavy (non-hydrogen) atoms. The van der Waals surface area contributed by atoms with E-state index in [1.165, 1.54) is 0 Å². The molecule has 1 nitrogen and oxygen atoms in total. The van der Waals surface area contributed by atoms with Gasteiger partial charge in [-0.3, -0.25) is 4.79 Å². The summed E-state index contributed by atoms with van der Waals surface area (Å²) in [5, 5.41) is 0. The van der Waals surface area contributed by atoms with Gasteiger partial charge in [-0.05, 0) is 45.5 Å². The Hall–Kier alpha value is -4.49. The van der Waals surface area contributed by atoms with Gasteiger partial charge < -0.3 is 0 Å². The summed E-state index contributed by atoms with van der Waals surface area (Å²) in [4.78, 5) is 13.6. The lowest BCUT2D eigenvalue weighted by atomic mass is 9.94. The zero-order chi connectivity index (χ0) is 23.8. The van der Waals surface area contributed by atoms with Crippen LogP contribution in [0.5, 0.6) is 0 Å². The Bertz CT molecular complexity index is 1290. The van der Waals surface area contributed by atoms with Crippen LogP contribution < -0.4 is 0 Å². The number of carbonyl (C=O) groups is 1. The van der Waals surface area contributed by atoms with Crippen molar-refractivity contribution >= 4 is 42.2 Å². The second-order valence-corrected chi connectivity index (χ2v) is 7.92. The highest BCUT2D eigenvalue weighted by Crippen LogP contribution is 2.22. The van der Waals surface area contributed by atoms with Crippen molar-refractivity contribution in [2.45, 2.75) is 0 Å². The molecule has 0 amide bonds. The van der Waals surface area contributed by atoms with Gasteiger partial charge in [0.05, 0.1) is 0 Å². The van der Waals surface area contributed by atoms with E-state index in [9.17, 15) is 4.79 Å². The fourth-order valence-corrected chi connectivity index (χ4v) is 3.79. The third-order valence-corrected chi connectivity index (χ3v) is 5.61. The van der Waals surface area contributed by atoms with Crippen LogP contribution in [0.15, 0.2) is 110 Å². The van der Waals surface area contributed by atoms with E-state index in [1.54, 1.807) is 0 Å². The van der Waals surface area contributed by atoms with Crippen molar-refractivity contribution in [3.05, 3.63) is 155 Å². The lowest BCUT2D eigenvalue weighted by Crippen LogP contribution is -2.05. The Morgan fingerprint density at radius 1 is 0.500 bits per heavy atom. The lowest BCUT2D eigenvalue weighted by molar-refractivity contribution is 0.103. The van der Waals surface area contributed by atoms with E-state index in [4.69, 9.17) is 0 Å². The van der Waals surface area contributed by atoms with Crippen LogP contribution in [-0.2, 0) is 0 Å². The largest absolute Gasteiger partial charge is 0.289 e. The second kappa shape index (κ2) is 10.9. The standard InChI is InChI=1S/C33H26O/c1-3-25-11-9-13-27(23-25)19-21-29-15-5-7-17-31(29)33(34)32-18-8-6-16-30(32)22-20-28-14-10-12-26(4-2)24-28/h3-24H,1-2H2. The van der Waals surface area contributed by atoms with Crippen LogP contribution in [0.2, 0.25) is 0 Å². The van der Waals surface area contributed by atoms with E-state index in [1.807, 2.05) is 121 Å². The Morgan fingerprint density at radius 2 is 0.912 bits per heavy atom. The summed E-state index contributed by atoms with van der Waals surface area (Å²) < 4.78 is 0. The molecule has 0 heterocycles. The molecule has 0 aliphatic heterocycles. The van der Waals surface area contributed by atoms with Gasteiger partial charge in [0.15, 0.2) is 5.78 Å². The maximum absolute atomic E-state index is 13.6. The van der Waals surface area contributed by atoms with Crippen molar-refractivity contribution in [3.8, 4) is 0 Å². The summed E-state index contributed by atoms with van der Waals surface area (Å²) >= 11 is 0. The van der Waals surface area contributed by atoms with E-state index >= 15 is 0 Å². The van der Waals surface area contributed by atoms with Crippen LogP contribution >= 0.6 is 0 Å². The topological polar surface area (TPSA) is 17.1 Å². The molecule has 0 saturated carbocycles. The summed E-state index contributed by atoms with van der Waals surface area (Å²) in [6.07, 6.45) is 11.7. The van der Waals surface area contributed by atoms with E-state index in [0.29, 0.717) is 11.1 Å². The van der Waals surface area contributed by atoms with Gasteiger partial charge in [0.2, 0.25) is 0 Å². The number of ketones is 1. The van der Waals surface area contributed by atoms with Crippen molar-refractivity contribution in [1.29, 1.82) is 0 Å². The van der Waals surface area contributed by atoms with E-state index in [2.05, 4.69) is 25.3 Å². The van der Waals surface area contributed by atoms with Crippen molar-refractivity contribution in [1.82, 2.24) is 0 Å². The Balaban J connectivity index is 1.65. The summed E-state index contributed by atoms with van der Waals surface area (Å²) in [7, 11) is 0. The maximum atomic E-state index is 13.6. The first-order valence-electron chi connectivity index (χ1n) is 11.2. The van der Waals surface area contributed by atoms with Gasteiger partial charge in [0.1, 0.15) is 0 Å². The van der Waals surface area contributed by atoms with Crippen LogP contribution in [-0.4, -0.2) is 5.78 Å². The molecule has 4 aromatic carbocycles. The smallest absolute Gasteiger partial charge is 0.194 e. The summed E-state index contributed by atoms with van der Waals surface area (Å²) in [5.41, 5.74) is 7.36. The SMILES string of the molecule is C=Cc1cccc(C=Cc2ccccc2C(=O)c2ccccc2C=Cc2cccc(C=C)c2)c1. The number of hydrogen-bond donors (Lipinski definition) is 0. The first-order valence-corrected chi connectivity index (χ1v) is 11.2. The van der Waals surface area contributed by atoms with Gasteiger partial charge >= 0.3 is 0 Å². The molecule has 0 saturated heterocycles. The molecule has 0 N–H and O–H groups in total. The third-order valence-electron chi connectivity index (χ3n) is 5.61. The van der Waals surface area contributed by atoms with Crippen LogP contribution in [0.4, 0.5) is 0 Å². The molecule has 1 heteroatoms. The number of benzene rings is 4. The van der Waals surface area contributed by atoms with Crippen molar-refractivity contribution in [3.63, 3.8) is 0 Å². The molecule has 0 aromatic heterocycles. The quantitative estimate of drug-likeness (QED) is 0.199. The minimum Gasteiger partial charge on any atom is -0.289 e. The van der Waals surface area contributed by atoms with Gasteiger partial charge in [-0.25, -0.2) is 0 Å². The van der Waals surface area contributed by atoms with E-state index in [-0.39, 0.29) is 5.78 Å². The summed E-state index contributed by atoms with van der Waals surface area (Å²) in [6.45, 7) is 7.67. The van der Waals surface area contributed by atoms with Crippen LogP contribution in [0.25, 0.3) is 36.5 Å². The van der Waals surface area contributed by atoms with Crippen LogP contribution in [0.3, 0.4) is 0 Å². The van der Waals surface area contributed by atoms with Crippen molar-refractivity contribution < 1.29 is 4.79 Å². The molecule has 0 aliphatic carbocycles. The molecule has 0 bridgehead atoms. The zero-order valence-corrected chi connectivity index (χ0v) is 19.0. The Morgan fingerprint density at radius 3 is 1.35 bits per heavy atom. The molecule has 4 rings (SSSR count). The second-order valence-electron chi connectivity index (χ2n) is 7.92. The summed E-state index contributed by atoms with van der Waals surface area (Å²) in [5.74, 6) is 0.000171. The van der Waals surface area contributed by atoms with Gasteiger partial charge in [-0.1, -0.05) is 135 Å². The minimum absolute atomic E-state index is 0.000171. The van der Waals surface area contributed by atoms with Gasteiger partial charge in [0, 0.05) is 11.1 Å². The molecule has 0 fully saturated rings. The number of rotatable bonds is 8. The van der Waals surface area contributed by atoms with Crippen molar-refractivity contribution in [2.75, 3.05) is 0 Å². The van der Waals surface area contributed by atoms with Crippen molar-refractivity contribution in [2.24, 2.45) is 0 Å². The molecule has 164 valence electrons. The van der Waals surface area contributed by atoms with Gasteiger partial charge in [0.25, 0.3) is 0 Å². The molecule has 0 atom stereocenters. The monoisotopic (exact) mass is 438 g/mol.